The predicted octanol–water partition coefficient (Wildman–Crippen LogP) is -0.142. The lowest BCUT2D eigenvalue weighted by atomic mass is 9.82. The molecule has 0 aliphatic heterocycles. The average Bonchev–Trinajstić information content (AvgIpc) is 2.10. The second-order valence-electron chi connectivity index (χ2n) is 4.79. The maximum Gasteiger partial charge on any atom is 0.226 e. The minimum atomic E-state index is -0.484. The molecule has 1 fully saturated rings. The first kappa shape index (κ1) is 11.5. The molecule has 1 amide bonds. The van der Waals surface area contributed by atoms with Crippen molar-refractivity contribution in [2.24, 2.45) is 17.1 Å². The van der Waals surface area contributed by atoms with E-state index >= 15 is 0 Å². The van der Waals surface area contributed by atoms with Crippen LogP contribution in [0.25, 0.3) is 0 Å². The maximum absolute atomic E-state index is 11.6. The summed E-state index contributed by atoms with van der Waals surface area (Å²) in [5.74, 6) is 0.448. The second kappa shape index (κ2) is 4.28. The van der Waals surface area contributed by atoms with Crippen LogP contribution in [0.15, 0.2) is 0 Å². The molecule has 4 N–H and O–H groups in total. The molecule has 0 radical (unpaired) electrons. The summed E-state index contributed by atoms with van der Waals surface area (Å²) in [4.78, 5) is 11.6. The number of nitrogens with two attached hydrogens (primary N) is 1. The van der Waals surface area contributed by atoms with Gasteiger partial charge in [-0.05, 0) is 32.6 Å². The highest BCUT2D eigenvalue weighted by atomic mass is 16.3. The summed E-state index contributed by atoms with van der Waals surface area (Å²) in [6.07, 6.45) is 1.46. The fraction of sp³-hybridized carbons (Fsp3) is 0.900. The fourth-order valence-electron chi connectivity index (χ4n) is 1.44. The zero-order chi connectivity index (χ0) is 10.8. The van der Waals surface area contributed by atoms with Crippen molar-refractivity contribution in [2.75, 3.05) is 13.1 Å². The smallest absolute Gasteiger partial charge is 0.226 e. The molecule has 0 unspecified atom stereocenters. The lowest BCUT2D eigenvalue weighted by molar-refractivity contribution is -0.129. The highest BCUT2D eigenvalue weighted by Crippen LogP contribution is 2.26. The van der Waals surface area contributed by atoms with Gasteiger partial charge in [-0.15, -0.1) is 0 Å². The van der Waals surface area contributed by atoms with E-state index in [1.165, 1.54) is 0 Å². The van der Waals surface area contributed by atoms with Crippen LogP contribution in [0.2, 0.25) is 0 Å². The molecule has 1 rings (SSSR count). The Kier molecular flexibility index (Phi) is 3.50. The molecular weight excluding hydrogens is 180 g/mol. The van der Waals surface area contributed by atoms with Crippen LogP contribution in [0.4, 0.5) is 0 Å². The van der Waals surface area contributed by atoms with Crippen molar-refractivity contribution in [3.8, 4) is 0 Å². The molecule has 4 heteroatoms. The molecule has 0 heterocycles. The van der Waals surface area contributed by atoms with Crippen molar-refractivity contribution < 1.29 is 9.90 Å². The van der Waals surface area contributed by atoms with Crippen LogP contribution in [0.5, 0.6) is 0 Å². The zero-order valence-electron chi connectivity index (χ0n) is 8.92. The largest absolute Gasteiger partial charge is 0.393 e. The highest BCUT2D eigenvalue weighted by Gasteiger charge is 2.30. The molecule has 0 aromatic rings. The van der Waals surface area contributed by atoms with Gasteiger partial charge >= 0.3 is 0 Å². The zero-order valence-corrected chi connectivity index (χ0v) is 8.92. The Morgan fingerprint density at radius 1 is 1.57 bits per heavy atom. The van der Waals surface area contributed by atoms with Gasteiger partial charge in [0.05, 0.1) is 11.5 Å². The maximum atomic E-state index is 11.6. The van der Waals surface area contributed by atoms with Crippen molar-refractivity contribution in [1.82, 2.24) is 5.32 Å². The Hall–Kier alpha value is -0.610. The number of hydrogen-bond acceptors (Lipinski definition) is 3. The topological polar surface area (TPSA) is 75.4 Å². The Bertz CT molecular complexity index is 210. The summed E-state index contributed by atoms with van der Waals surface area (Å²) in [5, 5.41) is 11.9. The van der Waals surface area contributed by atoms with Gasteiger partial charge in [-0.3, -0.25) is 4.79 Å². The van der Waals surface area contributed by atoms with Gasteiger partial charge in [0.15, 0.2) is 0 Å². The second-order valence-corrected chi connectivity index (χ2v) is 4.79. The van der Waals surface area contributed by atoms with Crippen LogP contribution in [0, 0.1) is 11.3 Å². The van der Waals surface area contributed by atoms with E-state index in [9.17, 15) is 4.79 Å². The number of aliphatic hydroxyl groups is 1. The third-order valence-electron chi connectivity index (χ3n) is 2.89. The Morgan fingerprint density at radius 3 is 2.57 bits per heavy atom. The predicted molar refractivity (Wildman–Crippen MR) is 54.6 cm³/mol. The van der Waals surface area contributed by atoms with Crippen LogP contribution >= 0.6 is 0 Å². The Morgan fingerprint density at radius 2 is 2.14 bits per heavy atom. The van der Waals surface area contributed by atoms with E-state index in [4.69, 9.17) is 10.8 Å². The van der Waals surface area contributed by atoms with Crippen LogP contribution in [-0.4, -0.2) is 30.2 Å². The molecule has 0 bridgehead atoms. The molecule has 82 valence electrons. The number of hydrogen-bond donors (Lipinski definition) is 3. The first-order valence-electron chi connectivity index (χ1n) is 5.12. The molecule has 1 aliphatic rings. The van der Waals surface area contributed by atoms with E-state index < -0.39 is 5.41 Å². The van der Waals surface area contributed by atoms with Crippen molar-refractivity contribution in [3.05, 3.63) is 0 Å². The van der Waals surface area contributed by atoms with Gasteiger partial charge < -0.3 is 16.2 Å². The SMILES string of the molecule is CC(C)(CN)C(=O)NCC1CC(O)C1. The molecule has 1 aliphatic carbocycles. The number of rotatable bonds is 4. The van der Waals surface area contributed by atoms with Crippen molar-refractivity contribution in [3.63, 3.8) is 0 Å². The van der Waals surface area contributed by atoms with Gasteiger partial charge in [0.1, 0.15) is 0 Å². The summed E-state index contributed by atoms with van der Waals surface area (Å²) in [6, 6.07) is 0. The van der Waals surface area contributed by atoms with E-state index in [0.29, 0.717) is 19.0 Å². The van der Waals surface area contributed by atoms with E-state index in [1.807, 2.05) is 13.8 Å². The molecule has 1 saturated carbocycles. The third-order valence-corrected chi connectivity index (χ3v) is 2.89. The van der Waals surface area contributed by atoms with Gasteiger partial charge in [0.2, 0.25) is 5.91 Å². The number of carbonyl (C=O) groups excluding carboxylic acids is 1. The van der Waals surface area contributed by atoms with Crippen molar-refractivity contribution >= 4 is 5.91 Å². The molecule has 0 saturated heterocycles. The molecule has 0 aromatic heterocycles. The number of nitrogens with one attached hydrogen (secondary N) is 1. The Labute approximate surface area is 84.9 Å². The van der Waals surface area contributed by atoms with Crippen LogP contribution in [0.1, 0.15) is 26.7 Å². The standard InChI is InChI=1S/C10H20N2O2/c1-10(2,6-11)9(14)12-5-7-3-8(13)4-7/h7-8,13H,3-6,11H2,1-2H3,(H,12,14). The van der Waals surface area contributed by atoms with Crippen molar-refractivity contribution in [1.29, 1.82) is 0 Å². The van der Waals surface area contributed by atoms with Gasteiger partial charge in [0.25, 0.3) is 0 Å². The summed E-state index contributed by atoms with van der Waals surface area (Å²) >= 11 is 0. The molecule has 0 spiro atoms. The lowest BCUT2D eigenvalue weighted by Crippen LogP contribution is -2.45. The van der Waals surface area contributed by atoms with Gasteiger partial charge in [0, 0.05) is 13.1 Å². The lowest BCUT2D eigenvalue weighted by Gasteiger charge is -2.32. The summed E-state index contributed by atoms with van der Waals surface area (Å²) in [7, 11) is 0. The monoisotopic (exact) mass is 200 g/mol. The minimum absolute atomic E-state index is 0.00129. The summed E-state index contributed by atoms with van der Waals surface area (Å²) in [6.45, 7) is 4.68. The van der Waals surface area contributed by atoms with Gasteiger partial charge in [-0.1, -0.05) is 0 Å². The van der Waals surface area contributed by atoms with E-state index in [1.54, 1.807) is 0 Å². The summed E-state index contributed by atoms with van der Waals surface area (Å²) < 4.78 is 0. The molecule has 0 aromatic carbocycles. The highest BCUT2D eigenvalue weighted by molar-refractivity contribution is 5.82. The number of amides is 1. The first-order valence-corrected chi connectivity index (χ1v) is 5.12. The normalized spacial score (nSPS) is 26.9. The average molecular weight is 200 g/mol. The van der Waals surface area contributed by atoms with Crippen LogP contribution in [-0.2, 0) is 4.79 Å². The van der Waals surface area contributed by atoms with Crippen molar-refractivity contribution in [2.45, 2.75) is 32.8 Å². The minimum Gasteiger partial charge on any atom is -0.393 e. The summed E-state index contributed by atoms with van der Waals surface area (Å²) in [5.41, 5.74) is 5.00. The fourth-order valence-corrected chi connectivity index (χ4v) is 1.44. The quantitative estimate of drug-likeness (QED) is 0.591. The molecule has 0 atom stereocenters. The molecular formula is C10H20N2O2. The van der Waals surface area contributed by atoms with E-state index in [0.717, 1.165) is 12.8 Å². The third kappa shape index (κ3) is 2.69. The van der Waals surface area contributed by atoms with Crippen LogP contribution in [0.3, 0.4) is 0 Å². The number of aliphatic hydroxyl groups excluding tert-OH is 1. The molecule has 4 nitrogen and oxygen atoms in total. The van der Waals surface area contributed by atoms with E-state index in [-0.39, 0.29) is 12.0 Å². The van der Waals surface area contributed by atoms with Crippen LogP contribution < -0.4 is 11.1 Å². The van der Waals surface area contributed by atoms with E-state index in [2.05, 4.69) is 5.32 Å². The Balaban J connectivity index is 2.21. The van der Waals surface area contributed by atoms with Gasteiger partial charge in [-0.2, -0.15) is 0 Å². The molecule has 14 heavy (non-hydrogen) atoms. The first-order chi connectivity index (χ1) is 6.45. The number of carbonyl (C=O) groups is 1. The van der Waals surface area contributed by atoms with Gasteiger partial charge in [-0.25, -0.2) is 0 Å².